The zero-order valence-electron chi connectivity index (χ0n) is 10.1. The SMILES string of the molecule is CCCCCCCSCc1ccccc1O. The van der Waals surface area contributed by atoms with Crippen molar-refractivity contribution in [2.45, 2.75) is 44.8 Å². The second-order valence-corrected chi connectivity index (χ2v) is 5.20. The Bertz CT molecular complexity index is 286. The summed E-state index contributed by atoms with van der Waals surface area (Å²) in [6.07, 6.45) is 6.70. The Kier molecular flexibility index (Phi) is 7.15. The van der Waals surface area contributed by atoms with Crippen molar-refractivity contribution < 1.29 is 5.11 Å². The van der Waals surface area contributed by atoms with Gasteiger partial charge < -0.3 is 5.11 Å². The standard InChI is InChI=1S/C14H22OS/c1-2-3-4-5-8-11-16-12-13-9-6-7-10-14(13)15/h6-7,9-10,15H,2-5,8,11-12H2,1H3. The van der Waals surface area contributed by atoms with Crippen LogP contribution in [0.25, 0.3) is 0 Å². The van der Waals surface area contributed by atoms with Crippen molar-refractivity contribution in [2.75, 3.05) is 5.75 Å². The van der Waals surface area contributed by atoms with Crippen LogP contribution in [0.5, 0.6) is 5.75 Å². The maximum atomic E-state index is 9.57. The Morgan fingerprint density at radius 1 is 1.06 bits per heavy atom. The zero-order chi connectivity index (χ0) is 11.6. The van der Waals surface area contributed by atoms with Crippen LogP contribution < -0.4 is 0 Å². The first kappa shape index (κ1) is 13.4. The Morgan fingerprint density at radius 3 is 2.56 bits per heavy atom. The van der Waals surface area contributed by atoms with Crippen LogP contribution >= 0.6 is 11.8 Å². The largest absolute Gasteiger partial charge is 0.508 e. The number of benzene rings is 1. The fourth-order valence-corrected chi connectivity index (χ4v) is 2.64. The predicted octanol–water partition coefficient (Wildman–Crippen LogP) is 4.60. The average molecular weight is 238 g/mol. The van der Waals surface area contributed by atoms with E-state index in [-0.39, 0.29) is 0 Å². The molecule has 0 radical (unpaired) electrons. The van der Waals surface area contributed by atoms with Crippen LogP contribution in [0.1, 0.15) is 44.6 Å². The Balaban J connectivity index is 2.05. The maximum absolute atomic E-state index is 9.57. The van der Waals surface area contributed by atoms with E-state index in [0.29, 0.717) is 5.75 Å². The molecule has 16 heavy (non-hydrogen) atoms. The molecule has 0 fully saturated rings. The molecule has 1 aromatic rings. The van der Waals surface area contributed by atoms with Gasteiger partial charge >= 0.3 is 0 Å². The van der Waals surface area contributed by atoms with E-state index >= 15 is 0 Å². The van der Waals surface area contributed by atoms with Gasteiger partial charge in [-0.3, -0.25) is 0 Å². The van der Waals surface area contributed by atoms with Gasteiger partial charge in [-0.2, -0.15) is 11.8 Å². The molecular weight excluding hydrogens is 216 g/mol. The number of hydrogen-bond acceptors (Lipinski definition) is 2. The van der Waals surface area contributed by atoms with E-state index in [1.54, 1.807) is 6.07 Å². The summed E-state index contributed by atoms with van der Waals surface area (Å²) in [6.45, 7) is 2.24. The van der Waals surface area contributed by atoms with Crippen molar-refractivity contribution in [3.8, 4) is 5.75 Å². The van der Waals surface area contributed by atoms with E-state index in [4.69, 9.17) is 0 Å². The number of para-hydroxylation sites is 1. The number of phenols is 1. The summed E-state index contributed by atoms with van der Waals surface area (Å²) < 4.78 is 0. The Morgan fingerprint density at radius 2 is 1.81 bits per heavy atom. The molecule has 0 unspecified atom stereocenters. The summed E-state index contributed by atoms with van der Waals surface area (Å²) in [5, 5.41) is 9.57. The number of rotatable bonds is 8. The van der Waals surface area contributed by atoms with Crippen molar-refractivity contribution in [1.29, 1.82) is 0 Å². The topological polar surface area (TPSA) is 20.2 Å². The van der Waals surface area contributed by atoms with Crippen LogP contribution in [0.15, 0.2) is 24.3 Å². The first-order chi connectivity index (χ1) is 7.84. The van der Waals surface area contributed by atoms with E-state index in [2.05, 4.69) is 6.92 Å². The minimum Gasteiger partial charge on any atom is -0.508 e. The van der Waals surface area contributed by atoms with Crippen LogP contribution in [0.3, 0.4) is 0 Å². The zero-order valence-corrected chi connectivity index (χ0v) is 10.9. The Hall–Kier alpha value is -0.630. The first-order valence-electron chi connectivity index (χ1n) is 6.19. The van der Waals surface area contributed by atoms with E-state index in [0.717, 1.165) is 11.3 Å². The van der Waals surface area contributed by atoms with Gasteiger partial charge in [0.1, 0.15) is 5.75 Å². The first-order valence-corrected chi connectivity index (χ1v) is 7.34. The van der Waals surface area contributed by atoms with Crippen LogP contribution in [-0.4, -0.2) is 10.9 Å². The molecule has 1 rings (SSSR count). The van der Waals surface area contributed by atoms with E-state index < -0.39 is 0 Å². The molecule has 1 N–H and O–H groups in total. The lowest BCUT2D eigenvalue weighted by Crippen LogP contribution is -1.85. The molecule has 0 amide bonds. The van der Waals surface area contributed by atoms with Gasteiger partial charge in [0.2, 0.25) is 0 Å². The molecule has 0 atom stereocenters. The quantitative estimate of drug-likeness (QED) is 0.668. The van der Waals surface area contributed by atoms with Gasteiger partial charge in [0.05, 0.1) is 0 Å². The van der Waals surface area contributed by atoms with Crippen molar-refractivity contribution in [3.05, 3.63) is 29.8 Å². The third-order valence-electron chi connectivity index (χ3n) is 2.64. The fraction of sp³-hybridized carbons (Fsp3) is 0.571. The third kappa shape index (κ3) is 5.45. The summed E-state index contributed by atoms with van der Waals surface area (Å²) in [5.41, 5.74) is 1.06. The van der Waals surface area contributed by atoms with Gasteiger partial charge in [-0.25, -0.2) is 0 Å². The molecule has 1 nitrogen and oxygen atoms in total. The van der Waals surface area contributed by atoms with Crippen LogP contribution in [0.4, 0.5) is 0 Å². The highest BCUT2D eigenvalue weighted by molar-refractivity contribution is 7.98. The summed E-state index contributed by atoms with van der Waals surface area (Å²) >= 11 is 1.92. The molecule has 0 bridgehead atoms. The lowest BCUT2D eigenvalue weighted by Gasteiger charge is -2.04. The van der Waals surface area contributed by atoms with E-state index in [9.17, 15) is 5.11 Å². The van der Waals surface area contributed by atoms with E-state index in [1.807, 2.05) is 30.0 Å². The van der Waals surface area contributed by atoms with Gasteiger partial charge in [-0.15, -0.1) is 0 Å². The molecule has 0 saturated heterocycles. The molecule has 0 heterocycles. The highest BCUT2D eigenvalue weighted by Crippen LogP contribution is 2.22. The summed E-state index contributed by atoms with van der Waals surface area (Å²) in [7, 11) is 0. The van der Waals surface area contributed by atoms with E-state index in [1.165, 1.54) is 37.9 Å². The van der Waals surface area contributed by atoms with Crippen LogP contribution in [-0.2, 0) is 5.75 Å². The average Bonchev–Trinajstić information content (AvgIpc) is 2.30. The van der Waals surface area contributed by atoms with Crippen molar-refractivity contribution >= 4 is 11.8 Å². The van der Waals surface area contributed by atoms with Gasteiger partial charge in [0.25, 0.3) is 0 Å². The maximum Gasteiger partial charge on any atom is 0.119 e. The molecule has 0 spiro atoms. The molecule has 0 aliphatic heterocycles. The molecule has 90 valence electrons. The van der Waals surface area contributed by atoms with Gasteiger partial charge in [-0.1, -0.05) is 50.8 Å². The molecule has 0 aliphatic rings. The lowest BCUT2D eigenvalue weighted by atomic mass is 10.2. The predicted molar refractivity (Wildman–Crippen MR) is 73.0 cm³/mol. The minimum absolute atomic E-state index is 0.431. The minimum atomic E-state index is 0.431. The summed E-state index contributed by atoms with van der Waals surface area (Å²) in [6, 6.07) is 7.61. The second-order valence-electron chi connectivity index (χ2n) is 4.10. The smallest absolute Gasteiger partial charge is 0.119 e. The third-order valence-corrected chi connectivity index (χ3v) is 3.73. The number of unbranched alkanes of at least 4 members (excludes halogenated alkanes) is 4. The number of thioether (sulfide) groups is 1. The highest BCUT2D eigenvalue weighted by Gasteiger charge is 1.99. The molecule has 0 aromatic heterocycles. The van der Waals surface area contributed by atoms with Gasteiger partial charge in [-0.05, 0) is 18.2 Å². The lowest BCUT2D eigenvalue weighted by molar-refractivity contribution is 0.470. The Labute approximate surface area is 103 Å². The molecule has 0 saturated carbocycles. The van der Waals surface area contributed by atoms with Gasteiger partial charge in [0, 0.05) is 11.3 Å². The summed E-state index contributed by atoms with van der Waals surface area (Å²) in [4.78, 5) is 0. The molecule has 1 aromatic carbocycles. The summed E-state index contributed by atoms with van der Waals surface area (Å²) in [5.74, 6) is 2.57. The van der Waals surface area contributed by atoms with Crippen molar-refractivity contribution in [1.82, 2.24) is 0 Å². The van der Waals surface area contributed by atoms with Crippen LogP contribution in [0, 0.1) is 0 Å². The van der Waals surface area contributed by atoms with Gasteiger partial charge in [0.15, 0.2) is 0 Å². The van der Waals surface area contributed by atoms with Crippen LogP contribution in [0.2, 0.25) is 0 Å². The molecule has 2 heteroatoms. The number of hydrogen-bond donors (Lipinski definition) is 1. The second kappa shape index (κ2) is 8.51. The molecule has 0 aliphatic carbocycles. The van der Waals surface area contributed by atoms with Crippen molar-refractivity contribution in [3.63, 3.8) is 0 Å². The molecular formula is C14H22OS. The van der Waals surface area contributed by atoms with Crippen molar-refractivity contribution in [2.24, 2.45) is 0 Å². The normalized spacial score (nSPS) is 10.6. The number of phenolic OH excluding ortho intramolecular Hbond substituents is 1. The highest BCUT2D eigenvalue weighted by atomic mass is 32.2. The fourth-order valence-electron chi connectivity index (χ4n) is 1.62. The number of aromatic hydroxyl groups is 1. The monoisotopic (exact) mass is 238 g/mol.